The third kappa shape index (κ3) is 5.07. The molecule has 0 heterocycles. The largest absolute Gasteiger partial charge is 0.481 e. The molecule has 1 aliphatic carbocycles. The van der Waals surface area contributed by atoms with Crippen LogP contribution in [0.25, 0.3) is 0 Å². The maximum absolute atomic E-state index is 11.7. The third-order valence-electron chi connectivity index (χ3n) is 3.29. The van der Waals surface area contributed by atoms with E-state index in [0.717, 1.165) is 0 Å². The summed E-state index contributed by atoms with van der Waals surface area (Å²) in [5.41, 5.74) is 0. The van der Waals surface area contributed by atoms with Crippen molar-refractivity contribution >= 4 is 17.9 Å². The van der Waals surface area contributed by atoms with Gasteiger partial charge in [-0.25, -0.2) is 4.79 Å². The lowest BCUT2D eigenvalue weighted by atomic mass is 10.1. The van der Waals surface area contributed by atoms with Crippen molar-refractivity contribution in [3.05, 3.63) is 0 Å². The molecule has 0 saturated heterocycles. The average Bonchev–Trinajstić information content (AvgIpc) is 2.76. The van der Waals surface area contributed by atoms with Gasteiger partial charge >= 0.3 is 12.0 Å². The highest BCUT2D eigenvalue weighted by atomic mass is 16.4. The van der Waals surface area contributed by atoms with E-state index < -0.39 is 18.0 Å². The second kappa shape index (κ2) is 7.12. The SMILES string of the molecule is CC(C)NC(=O)C(C)NC(=O)NC1CCC(C(=O)O)C1. The predicted octanol–water partition coefficient (Wildman–Crippen LogP) is 0.452. The van der Waals surface area contributed by atoms with Crippen molar-refractivity contribution in [2.75, 3.05) is 0 Å². The fraction of sp³-hybridized carbons (Fsp3) is 0.769. The summed E-state index contributed by atoms with van der Waals surface area (Å²) in [4.78, 5) is 34.2. The van der Waals surface area contributed by atoms with E-state index in [2.05, 4.69) is 16.0 Å². The predicted molar refractivity (Wildman–Crippen MR) is 73.2 cm³/mol. The molecule has 7 heteroatoms. The number of urea groups is 1. The Hall–Kier alpha value is -1.79. The first kappa shape index (κ1) is 16.3. The minimum atomic E-state index is -0.820. The van der Waals surface area contributed by atoms with Crippen LogP contribution in [0.4, 0.5) is 4.79 Å². The fourth-order valence-electron chi connectivity index (χ4n) is 2.24. The zero-order valence-electron chi connectivity index (χ0n) is 12.1. The zero-order valence-corrected chi connectivity index (χ0v) is 12.1. The maximum Gasteiger partial charge on any atom is 0.315 e. The molecule has 0 aromatic carbocycles. The van der Waals surface area contributed by atoms with Crippen molar-refractivity contribution in [3.8, 4) is 0 Å². The van der Waals surface area contributed by atoms with Gasteiger partial charge in [-0.1, -0.05) is 0 Å². The van der Waals surface area contributed by atoms with E-state index in [1.165, 1.54) is 0 Å². The monoisotopic (exact) mass is 285 g/mol. The molecular formula is C13H23N3O4. The minimum absolute atomic E-state index is 0.0148. The highest BCUT2D eigenvalue weighted by molar-refractivity contribution is 5.86. The summed E-state index contributed by atoms with van der Waals surface area (Å²) in [5.74, 6) is -1.45. The maximum atomic E-state index is 11.7. The van der Waals surface area contributed by atoms with Gasteiger partial charge in [0.05, 0.1) is 5.92 Å². The lowest BCUT2D eigenvalue weighted by Crippen LogP contribution is -2.51. The summed E-state index contributed by atoms with van der Waals surface area (Å²) >= 11 is 0. The summed E-state index contributed by atoms with van der Waals surface area (Å²) in [6.07, 6.45) is 1.66. The van der Waals surface area contributed by atoms with Crippen molar-refractivity contribution < 1.29 is 19.5 Å². The number of aliphatic carboxylic acids is 1. The molecule has 0 aromatic heterocycles. The molecule has 3 atom stereocenters. The van der Waals surface area contributed by atoms with Gasteiger partial charge in [0.25, 0.3) is 0 Å². The molecule has 3 amide bonds. The van der Waals surface area contributed by atoms with E-state index in [9.17, 15) is 14.4 Å². The average molecular weight is 285 g/mol. The Morgan fingerprint density at radius 3 is 2.25 bits per heavy atom. The highest BCUT2D eigenvalue weighted by Crippen LogP contribution is 2.25. The van der Waals surface area contributed by atoms with Gasteiger partial charge in [-0.3, -0.25) is 9.59 Å². The van der Waals surface area contributed by atoms with E-state index in [1.807, 2.05) is 13.8 Å². The number of rotatable bonds is 5. The van der Waals surface area contributed by atoms with E-state index in [1.54, 1.807) is 6.92 Å². The Kier molecular flexibility index (Phi) is 5.79. The van der Waals surface area contributed by atoms with E-state index >= 15 is 0 Å². The molecule has 20 heavy (non-hydrogen) atoms. The number of carbonyl (C=O) groups excluding carboxylic acids is 2. The molecule has 1 fully saturated rings. The van der Waals surface area contributed by atoms with E-state index in [0.29, 0.717) is 19.3 Å². The Labute approximate surface area is 118 Å². The molecule has 4 N–H and O–H groups in total. The standard InChI is InChI=1S/C13H23N3O4/c1-7(2)14-11(17)8(3)15-13(20)16-10-5-4-9(6-10)12(18)19/h7-10H,4-6H2,1-3H3,(H,14,17)(H,18,19)(H2,15,16,20). The number of carboxylic acids is 1. The molecule has 7 nitrogen and oxygen atoms in total. The number of carboxylic acid groups (broad SMARTS) is 1. The molecule has 0 aliphatic heterocycles. The van der Waals surface area contributed by atoms with Crippen molar-refractivity contribution in [2.45, 2.75) is 58.2 Å². The van der Waals surface area contributed by atoms with Crippen LogP contribution in [0.2, 0.25) is 0 Å². The normalized spacial score (nSPS) is 23.2. The highest BCUT2D eigenvalue weighted by Gasteiger charge is 2.30. The van der Waals surface area contributed by atoms with Gasteiger partial charge < -0.3 is 21.1 Å². The topological polar surface area (TPSA) is 108 Å². The van der Waals surface area contributed by atoms with Gasteiger partial charge in [0.2, 0.25) is 5.91 Å². The Balaban J connectivity index is 2.33. The zero-order chi connectivity index (χ0) is 15.3. The second-order valence-electron chi connectivity index (χ2n) is 5.55. The van der Waals surface area contributed by atoms with Crippen LogP contribution < -0.4 is 16.0 Å². The number of carbonyl (C=O) groups is 3. The first-order chi connectivity index (χ1) is 9.29. The summed E-state index contributed by atoms with van der Waals surface area (Å²) in [6, 6.07) is -1.20. The van der Waals surface area contributed by atoms with Gasteiger partial charge in [-0.2, -0.15) is 0 Å². The van der Waals surface area contributed by atoms with Crippen LogP contribution in [0.5, 0.6) is 0 Å². The molecule has 0 bridgehead atoms. The second-order valence-corrected chi connectivity index (χ2v) is 5.55. The quantitative estimate of drug-likeness (QED) is 0.588. The molecule has 1 aliphatic rings. The van der Waals surface area contributed by atoms with Crippen LogP contribution in [0, 0.1) is 5.92 Å². The minimum Gasteiger partial charge on any atom is -0.481 e. The molecule has 114 valence electrons. The third-order valence-corrected chi connectivity index (χ3v) is 3.29. The molecule has 1 saturated carbocycles. The van der Waals surface area contributed by atoms with Gasteiger partial charge in [0.1, 0.15) is 6.04 Å². The van der Waals surface area contributed by atoms with Crippen molar-refractivity contribution in [3.63, 3.8) is 0 Å². The van der Waals surface area contributed by atoms with Crippen LogP contribution in [-0.2, 0) is 9.59 Å². The summed E-state index contributed by atoms with van der Waals surface area (Å²) < 4.78 is 0. The summed E-state index contributed by atoms with van der Waals surface area (Å²) in [5, 5.41) is 16.8. The van der Waals surface area contributed by atoms with Gasteiger partial charge in [-0.05, 0) is 40.0 Å². The van der Waals surface area contributed by atoms with Crippen LogP contribution >= 0.6 is 0 Å². The van der Waals surface area contributed by atoms with E-state index in [-0.39, 0.29) is 23.9 Å². The summed E-state index contributed by atoms with van der Waals surface area (Å²) in [6.45, 7) is 5.29. The first-order valence-corrected chi connectivity index (χ1v) is 6.89. The van der Waals surface area contributed by atoms with Crippen LogP contribution in [0.15, 0.2) is 0 Å². The lowest BCUT2D eigenvalue weighted by Gasteiger charge is -2.18. The number of nitrogens with one attached hydrogen (secondary N) is 3. The summed E-state index contributed by atoms with van der Waals surface area (Å²) in [7, 11) is 0. The molecular weight excluding hydrogens is 262 g/mol. The van der Waals surface area contributed by atoms with Gasteiger partial charge in [0, 0.05) is 12.1 Å². The Bertz CT molecular complexity index is 384. The van der Waals surface area contributed by atoms with Crippen molar-refractivity contribution in [1.29, 1.82) is 0 Å². The molecule has 0 spiro atoms. The van der Waals surface area contributed by atoms with Crippen LogP contribution in [0.3, 0.4) is 0 Å². The number of amides is 3. The van der Waals surface area contributed by atoms with E-state index in [4.69, 9.17) is 5.11 Å². The number of hydrogen-bond acceptors (Lipinski definition) is 3. The lowest BCUT2D eigenvalue weighted by molar-refractivity contribution is -0.141. The Morgan fingerprint density at radius 2 is 1.75 bits per heavy atom. The first-order valence-electron chi connectivity index (χ1n) is 6.89. The smallest absolute Gasteiger partial charge is 0.315 e. The van der Waals surface area contributed by atoms with Crippen molar-refractivity contribution in [2.24, 2.45) is 5.92 Å². The molecule has 0 radical (unpaired) electrons. The van der Waals surface area contributed by atoms with Gasteiger partial charge in [0.15, 0.2) is 0 Å². The van der Waals surface area contributed by atoms with Gasteiger partial charge in [-0.15, -0.1) is 0 Å². The number of hydrogen-bond donors (Lipinski definition) is 4. The fourth-order valence-corrected chi connectivity index (χ4v) is 2.24. The molecule has 1 rings (SSSR count). The van der Waals surface area contributed by atoms with Crippen molar-refractivity contribution in [1.82, 2.24) is 16.0 Å². The Morgan fingerprint density at radius 1 is 1.10 bits per heavy atom. The van der Waals surface area contributed by atoms with Crippen LogP contribution in [0.1, 0.15) is 40.0 Å². The molecule has 3 unspecified atom stereocenters. The molecule has 0 aromatic rings. The van der Waals surface area contributed by atoms with Crippen LogP contribution in [-0.4, -0.2) is 41.1 Å².